The lowest BCUT2D eigenvalue weighted by Gasteiger charge is -2.07. The quantitative estimate of drug-likeness (QED) is 0.526. The van der Waals surface area contributed by atoms with E-state index in [4.69, 9.17) is 0 Å². The molecule has 0 radical (unpaired) electrons. The van der Waals surface area contributed by atoms with Crippen molar-refractivity contribution in [3.8, 4) is 5.13 Å². The van der Waals surface area contributed by atoms with Crippen molar-refractivity contribution < 1.29 is 4.79 Å². The van der Waals surface area contributed by atoms with Gasteiger partial charge in [-0.2, -0.15) is 0 Å². The van der Waals surface area contributed by atoms with Crippen molar-refractivity contribution in [2.75, 3.05) is 6.54 Å². The third-order valence-corrected chi connectivity index (χ3v) is 5.53. The number of rotatable bonds is 6. The molecule has 5 nitrogen and oxygen atoms in total. The Balaban J connectivity index is 1.34. The first-order valence-corrected chi connectivity index (χ1v) is 9.47. The average Bonchev–Trinajstić information content (AvgIpc) is 3.38. The molecule has 0 aliphatic heterocycles. The maximum Gasteiger partial charge on any atom is 0.263 e. The SMILES string of the molecule is Cc1nc(-n2cccc2)sc1C(=O)NCCCn1ccc2ccccc21. The monoisotopic (exact) mass is 364 g/mol. The Labute approximate surface area is 155 Å². The summed E-state index contributed by atoms with van der Waals surface area (Å²) < 4.78 is 4.15. The maximum absolute atomic E-state index is 12.5. The molecule has 3 aromatic heterocycles. The van der Waals surface area contributed by atoms with Crippen LogP contribution in [-0.2, 0) is 6.54 Å². The Kier molecular flexibility index (Phi) is 4.58. The molecule has 4 aromatic rings. The van der Waals surface area contributed by atoms with Gasteiger partial charge in [0.1, 0.15) is 4.88 Å². The predicted molar refractivity (Wildman–Crippen MR) is 105 cm³/mol. The van der Waals surface area contributed by atoms with Crippen molar-refractivity contribution in [1.29, 1.82) is 0 Å². The molecule has 0 spiro atoms. The van der Waals surface area contributed by atoms with Crippen molar-refractivity contribution in [2.24, 2.45) is 0 Å². The van der Waals surface area contributed by atoms with E-state index in [9.17, 15) is 4.79 Å². The molecule has 6 heteroatoms. The molecule has 0 unspecified atom stereocenters. The number of thiazole rings is 1. The van der Waals surface area contributed by atoms with Crippen LogP contribution in [0.1, 0.15) is 21.8 Å². The fourth-order valence-electron chi connectivity index (χ4n) is 3.03. The van der Waals surface area contributed by atoms with Gasteiger partial charge in [0.15, 0.2) is 5.13 Å². The highest BCUT2D eigenvalue weighted by atomic mass is 32.1. The molecule has 3 heterocycles. The highest BCUT2D eigenvalue weighted by Crippen LogP contribution is 2.21. The Bertz CT molecular complexity index is 1030. The van der Waals surface area contributed by atoms with Crippen LogP contribution in [0.15, 0.2) is 61.1 Å². The van der Waals surface area contributed by atoms with Gasteiger partial charge in [-0.3, -0.25) is 4.79 Å². The van der Waals surface area contributed by atoms with Crippen molar-refractivity contribution in [2.45, 2.75) is 19.9 Å². The number of carbonyl (C=O) groups excluding carboxylic acids is 1. The van der Waals surface area contributed by atoms with E-state index in [-0.39, 0.29) is 5.91 Å². The van der Waals surface area contributed by atoms with Crippen LogP contribution in [0.25, 0.3) is 16.0 Å². The van der Waals surface area contributed by atoms with E-state index in [1.54, 1.807) is 0 Å². The number of carbonyl (C=O) groups is 1. The normalized spacial score (nSPS) is 11.1. The molecule has 4 rings (SSSR count). The minimum atomic E-state index is -0.0456. The van der Waals surface area contributed by atoms with Crippen LogP contribution >= 0.6 is 11.3 Å². The number of hydrogen-bond donors (Lipinski definition) is 1. The zero-order valence-electron chi connectivity index (χ0n) is 14.6. The van der Waals surface area contributed by atoms with E-state index in [0.717, 1.165) is 23.8 Å². The van der Waals surface area contributed by atoms with Crippen LogP contribution in [0.2, 0.25) is 0 Å². The molecule has 26 heavy (non-hydrogen) atoms. The summed E-state index contributed by atoms with van der Waals surface area (Å²) in [6.45, 7) is 3.40. The molecule has 1 amide bonds. The minimum Gasteiger partial charge on any atom is -0.351 e. The van der Waals surface area contributed by atoms with Crippen LogP contribution in [0, 0.1) is 6.92 Å². The Morgan fingerprint density at radius 1 is 1.12 bits per heavy atom. The molecule has 1 aromatic carbocycles. The number of aryl methyl sites for hydroxylation is 2. The van der Waals surface area contributed by atoms with Crippen LogP contribution in [0.5, 0.6) is 0 Å². The van der Waals surface area contributed by atoms with E-state index in [2.05, 4.69) is 45.3 Å². The number of amides is 1. The summed E-state index contributed by atoms with van der Waals surface area (Å²) in [6, 6.07) is 14.3. The molecule has 0 aliphatic rings. The fraction of sp³-hybridized carbons (Fsp3) is 0.200. The smallest absolute Gasteiger partial charge is 0.263 e. The molecule has 1 N–H and O–H groups in total. The van der Waals surface area contributed by atoms with E-state index in [0.29, 0.717) is 11.4 Å². The van der Waals surface area contributed by atoms with Crippen molar-refractivity contribution in [3.63, 3.8) is 0 Å². The first-order valence-electron chi connectivity index (χ1n) is 8.65. The van der Waals surface area contributed by atoms with Gasteiger partial charge in [0.25, 0.3) is 5.91 Å². The first-order chi connectivity index (χ1) is 12.7. The zero-order chi connectivity index (χ0) is 17.9. The summed E-state index contributed by atoms with van der Waals surface area (Å²) in [6.07, 6.45) is 6.85. The largest absolute Gasteiger partial charge is 0.351 e. The van der Waals surface area contributed by atoms with Crippen LogP contribution < -0.4 is 5.32 Å². The van der Waals surface area contributed by atoms with Gasteiger partial charge in [0.2, 0.25) is 0 Å². The van der Waals surface area contributed by atoms with Gasteiger partial charge in [-0.25, -0.2) is 4.98 Å². The van der Waals surface area contributed by atoms with Crippen molar-refractivity contribution in [3.05, 3.63) is 71.6 Å². The second-order valence-electron chi connectivity index (χ2n) is 6.18. The Hall–Kier alpha value is -2.86. The second-order valence-corrected chi connectivity index (χ2v) is 7.16. The van der Waals surface area contributed by atoms with Crippen LogP contribution in [-0.4, -0.2) is 26.6 Å². The molecule has 0 saturated carbocycles. The van der Waals surface area contributed by atoms with Gasteiger partial charge in [-0.15, -0.1) is 0 Å². The summed E-state index contributed by atoms with van der Waals surface area (Å²) in [4.78, 5) is 17.6. The van der Waals surface area contributed by atoms with Crippen LogP contribution in [0.4, 0.5) is 0 Å². The number of benzene rings is 1. The minimum absolute atomic E-state index is 0.0456. The molecule has 0 bridgehead atoms. The van der Waals surface area contributed by atoms with E-state index >= 15 is 0 Å². The van der Waals surface area contributed by atoms with Gasteiger partial charge in [-0.05, 0) is 43.0 Å². The third kappa shape index (κ3) is 3.28. The maximum atomic E-state index is 12.5. The molecule has 0 aliphatic carbocycles. The Morgan fingerprint density at radius 3 is 2.77 bits per heavy atom. The van der Waals surface area contributed by atoms with Gasteiger partial charge in [0, 0.05) is 37.2 Å². The zero-order valence-corrected chi connectivity index (χ0v) is 15.4. The summed E-state index contributed by atoms with van der Waals surface area (Å²) >= 11 is 1.42. The fourth-order valence-corrected chi connectivity index (χ4v) is 3.98. The third-order valence-electron chi connectivity index (χ3n) is 4.36. The Morgan fingerprint density at radius 2 is 1.92 bits per heavy atom. The van der Waals surface area contributed by atoms with E-state index < -0.39 is 0 Å². The standard InChI is InChI=1S/C20H20N4OS/c1-15-18(26-20(22-15)24-11-4-5-12-24)19(25)21-10-6-13-23-14-9-16-7-2-3-8-17(16)23/h2-5,7-9,11-12,14H,6,10,13H2,1H3,(H,21,25). The van der Waals surface area contributed by atoms with Gasteiger partial charge in [-0.1, -0.05) is 29.5 Å². The average molecular weight is 364 g/mol. The van der Waals surface area contributed by atoms with Crippen LogP contribution in [0.3, 0.4) is 0 Å². The molecule has 0 saturated heterocycles. The van der Waals surface area contributed by atoms with Gasteiger partial charge >= 0.3 is 0 Å². The molecule has 132 valence electrons. The molecular formula is C20H20N4OS. The highest BCUT2D eigenvalue weighted by Gasteiger charge is 2.15. The summed E-state index contributed by atoms with van der Waals surface area (Å²) in [5.74, 6) is -0.0456. The number of nitrogens with one attached hydrogen (secondary N) is 1. The molecular weight excluding hydrogens is 344 g/mol. The lowest BCUT2D eigenvalue weighted by Crippen LogP contribution is -2.25. The van der Waals surface area contributed by atoms with Gasteiger partial charge < -0.3 is 14.5 Å². The van der Waals surface area contributed by atoms with Crippen molar-refractivity contribution >= 4 is 28.1 Å². The topological polar surface area (TPSA) is 51.9 Å². The highest BCUT2D eigenvalue weighted by molar-refractivity contribution is 7.16. The van der Waals surface area contributed by atoms with E-state index in [1.165, 1.54) is 22.2 Å². The van der Waals surface area contributed by atoms with E-state index in [1.807, 2.05) is 42.1 Å². The van der Waals surface area contributed by atoms with Crippen molar-refractivity contribution in [1.82, 2.24) is 19.4 Å². The summed E-state index contributed by atoms with van der Waals surface area (Å²) in [7, 11) is 0. The summed E-state index contributed by atoms with van der Waals surface area (Å²) in [5, 5.41) is 5.08. The lowest BCUT2D eigenvalue weighted by molar-refractivity contribution is 0.0956. The van der Waals surface area contributed by atoms with Gasteiger partial charge in [0.05, 0.1) is 5.69 Å². The number of hydrogen-bond acceptors (Lipinski definition) is 3. The number of para-hydroxylation sites is 1. The molecule has 0 atom stereocenters. The molecule has 0 fully saturated rings. The number of fused-ring (bicyclic) bond motifs is 1. The first kappa shape index (κ1) is 16.6. The lowest BCUT2D eigenvalue weighted by atomic mass is 10.2. The number of nitrogens with zero attached hydrogens (tertiary/aromatic N) is 3. The summed E-state index contributed by atoms with van der Waals surface area (Å²) in [5.41, 5.74) is 2.00. The predicted octanol–water partition coefficient (Wildman–Crippen LogP) is 4.02. The second kappa shape index (κ2) is 7.17. The number of aromatic nitrogens is 3.